The van der Waals surface area contributed by atoms with Crippen LogP contribution < -0.4 is 11.5 Å². The molecule has 0 aliphatic heterocycles. The monoisotopic (exact) mass is 262 g/mol. The highest BCUT2D eigenvalue weighted by atomic mass is 16.5. The fraction of sp³-hybridized carbons (Fsp3) is 0.533. The molecule has 19 heavy (non-hydrogen) atoms. The van der Waals surface area contributed by atoms with Crippen LogP contribution in [-0.4, -0.2) is 18.1 Å². The zero-order chi connectivity index (χ0) is 13.7. The first-order chi connectivity index (χ1) is 9.09. The van der Waals surface area contributed by atoms with Crippen LogP contribution in [0.1, 0.15) is 48.0 Å². The van der Waals surface area contributed by atoms with E-state index < -0.39 is 5.91 Å². The molecule has 0 atom stereocenters. The first kappa shape index (κ1) is 14.0. The van der Waals surface area contributed by atoms with Crippen molar-refractivity contribution in [3.05, 3.63) is 35.4 Å². The van der Waals surface area contributed by atoms with Gasteiger partial charge in [-0.3, -0.25) is 4.79 Å². The minimum absolute atomic E-state index is 0.147. The topological polar surface area (TPSA) is 78.3 Å². The van der Waals surface area contributed by atoms with E-state index in [9.17, 15) is 4.79 Å². The summed E-state index contributed by atoms with van der Waals surface area (Å²) < 4.78 is 5.72. The van der Waals surface area contributed by atoms with Crippen molar-refractivity contribution in [3.63, 3.8) is 0 Å². The summed E-state index contributed by atoms with van der Waals surface area (Å²) in [4.78, 5) is 10.9. The van der Waals surface area contributed by atoms with Gasteiger partial charge in [0.2, 0.25) is 5.91 Å². The molecule has 4 nitrogen and oxygen atoms in total. The summed E-state index contributed by atoms with van der Waals surface area (Å²) in [5.41, 5.74) is 12.9. The van der Waals surface area contributed by atoms with Crippen LogP contribution >= 0.6 is 0 Å². The Bertz CT molecular complexity index is 422. The van der Waals surface area contributed by atoms with E-state index in [0.717, 1.165) is 18.4 Å². The van der Waals surface area contributed by atoms with Crippen LogP contribution in [0.2, 0.25) is 0 Å². The van der Waals surface area contributed by atoms with Crippen LogP contribution in [0.5, 0.6) is 0 Å². The molecule has 1 fully saturated rings. The summed E-state index contributed by atoms with van der Waals surface area (Å²) in [5, 5.41) is 0. The summed E-state index contributed by atoms with van der Waals surface area (Å²) in [6, 6.07) is 7.17. The lowest BCUT2D eigenvalue weighted by Gasteiger charge is -2.33. The van der Waals surface area contributed by atoms with Crippen molar-refractivity contribution in [1.29, 1.82) is 0 Å². The number of amides is 1. The summed E-state index contributed by atoms with van der Waals surface area (Å²) in [6.07, 6.45) is 5.79. The molecule has 1 saturated carbocycles. The molecule has 1 aliphatic carbocycles. The van der Waals surface area contributed by atoms with E-state index in [1.165, 1.54) is 19.3 Å². The molecule has 0 heterocycles. The predicted molar refractivity (Wildman–Crippen MR) is 74.6 cm³/mol. The van der Waals surface area contributed by atoms with Crippen molar-refractivity contribution in [3.8, 4) is 0 Å². The summed E-state index contributed by atoms with van der Waals surface area (Å²) in [5.74, 6) is -0.407. The lowest BCUT2D eigenvalue weighted by Crippen LogP contribution is -2.46. The molecule has 0 bridgehead atoms. The maximum Gasteiger partial charge on any atom is 0.248 e. The van der Waals surface area contributed by atoms with Gasteiger partial charge in [-0.15, -0.1) is 0 Å². The lowest BCUT2D eigenvalue weighted by molar-refractivity contribution is 0.0574. The first-order valence-electron chi connectivity index (χ1n) is 6.84. The third-order valence-corrected chi connectivity index (χ3v) is 3.75. The largest absolute Gasteiger partial charge is 0.375 e. The van der Waals surface area contributed by atoms with Crippen LogP contribution in [0.25, 0.3) is 0 Å². The fourth-order valence-corrected chi connectivity index (χ4v) is 2.54. The van der Waals surface area contributed by atoms with Gasteiger partial charge in [-0.1, -0.05) is 31.4 Å². The van der Waals surface area contributed by atoms with Gasteiger partial charge in [-0.05, 0) is 30.5 Å². The third kappa shape index (κ3) is 4.04. The molecule has 0 spiro atoms. The summed E-state index contributed by atoms with van der Waals surface area (Å²) in [6.45, 7) is 1.13. The van der Waals surface area contributed by atoms with E-state index in [-0.39, 0.29) is 5.54 Å². The molecule has 104 valence electrons. The minimum Gasteiger partial charge on any atom is -0.375 e. The number of carbonyl (C=O) groups excluding carboxylic acids is 1. The fourth-order valence-electron chi connectivity index (χ4n) is 2.54. The van der Waals surface area contributed by atoms with Crippen LogP contribution in [0.15, 0.2) is 24.3 Å². The second-order valence-electron chi connectivity index (χ2n) is 5.48. The smallest absolute Gasteiger partial charge is 0.248 e. The number of rotatable bonds is 5. The Morgan fingerprint density at radius 3 is 2.37 bits per heavy atom. The Morgan fingerprint density at radius 2 is 1.79 bits per heavy atom. The molecule has 0 aromatic heterocycles. The van der Waals surface area contributed by atoms with Crippen molar-refractivity contribution < 1.29 is 9.53 Å². The van der Waals surface area contributed by atoms with E-state index in [1.54, 1.807) is 12.1 Å². The van der Waals surface area contributed by atoms with Crippen LogP contribution in [0.3, 0.4) is 0 Å². The van der Waals surface area contributed by atoms with Gasteiger partial charge in [0.1, 0.15) is 0 Å². The van der Waals surface area contributed by atoms with Crippen molar-refractivity contribution in [2.24, 2.45) is 11.5 Å². The maximum atomic E-state index is 10.9. The Labute approximate surface area is 114 Å². The molecule has 1 aliphatic rings. The van der Waals surface area contributed by atoms with Crippen LogP contribution in [0, 0.1) is 0 Å². The van der Waals surface area contributed by atoms with Crippen molar-refractivity contribution >= 4 is 5.91 Å². The predicted octanol–water partition coefficient (Wildman–Crippen LogP) is 1.96. The number of hydrogen-bond acceptors (Lipinski definition) is 3. The highest BCUT2D eigenvalue weighted by molar-refractivity contribution is 5.92. The Morgan fingerprint density at radius 1 is 1.16 bits per heavy atom. The molecule has 0 unspecified atom stereocenters. The highest BCUT2D eigenvalue weighted by Gasteiger charge is 2.27. The second kappa shape index (κ2) is 6.17. The number of ether oxygens (including phenoxy) is 1. The zero-order valence-electron chi connectivity index (χ0n) is 11.2. The van der Waals surface area contributed by atoms with Gasteiger partial charge in [0.05, 0.1) is 13.2 Å². The van der Waals surface area contributed by atoms with Gasteiger partial charge in [-0.25, -0.2) is 0 Å². The van der Waals surface area contributed by atoms with Gasteiger partial charge in [-0.2, -0.15) is 0 Å². The zero-order valence-corrected chi connectivity index (χ0v) is 11.2. The Kier molecular flexibility index (Phi) is 4.56. The molecule has 0 radical (unpaired) electrons. The SMILES string of the molecule is NC(=O)c1ccc(COCC2(N)CCCCC2)cc1. The first-order valence-corrected chi connectivity index (χ1v) is 6.84. The number of carbonyl (C=O) groups is 1. The van der Waals surface area contributed by atoms with E-state index in [0.29, 0.717) is 18.8 Å². The van der Waals surface area contributed by atoms with Crippen molar-refractivity contribution in [1.82, 2.24) is 0 Å². The maximum absolute atomic E-state index is 10.9. The molecule has 1 aromatic rings. The molecular weight excluding hydrogens is 240 g/mol. The van der Waals surface area contributed by atoms with Crippen molar-refractivity contribution in [2.45, 2.75) is 44.2 Å². The lowest BCUT2D eigenvalue weighted by atomic mass is 9.83. The van der Waals surface area contributed by atoms with E-state index in [1.807, 2.05) is 12.1 Å². The van der Waals surface area contributed by atoms with Gasteiger partial charge in [0.15, 0.2) is 0 Å². The number of primary amides is 1. The number of nitrogens with two attached hydrogens (primary N) is 2. The minimum atomic E-state index is -0.407. The van der Waals surface area contributed by atoms with Gasteiger partial charge < -0.3 is 16.2 Å². The molecule has 1 aromatic carbocycles. The van der Waals surface area contributed by atoms with E-state index >= 15 is 0 Å². The molecule has 1 amide bonds. The number of benzene rings is 1. The van der Waals surface area contributed by atoms with Gasteiger partial charge in [0, 0.05) is 11.1 Å². The number of hydrogen-bond donors (Lipinski definition) is 2. The second-order valence-corrected chi connectivity index (χ2v) is 5.48. The quantitative estimate of drug-likeness (QED) is 0.851. The highest BCUT2D eigenvalue weighted by Crippen LogP contribution is 2.26. The molecular formula is C15H22N2O2. The normalized spacial score (nSPS) is 18.2. The van der Waals surface area contributed by atoms with Crippen LogP contribution in [0.4, 0.5) is 0 Å². The Balaban J connectivity index is 1.80. The van der Waals surface area contributed by atoms with Crippen LogP contribution in [-0.2, 0) is 11.3 Å². The molecule has 2 rings (SSSR count). The average molecular weight is 262 g/mol. The van der Waals surface area contributed by atoms with E-state index in [4.69, 9.17) is 16.2 Å². The average Bonchev–Trinajstić information content (AvgIpc) is 2.40. The van der Waals surface area contributed by atoms with E-state index in [2.05, 4.69) is 0 Å². The van der Waals surface area contributed by atoms with Gasteiger partial charge in [0.25, 0.3) is 0 Å². The third-order valence-electron chi connectivity index (χ3n) is 3.75. The summed E-state index contributed by atoms with van der Waals surface area (Å²) >= 11 is 0. The molecule has 4 heteroatoms. The standard InChI is InChI=1S/C15H22N2O2/c16-14(18)13-6-4-12(5-7-13)10-19-11-15(17)8-2-1-3-9-15/h4-7H,1-3,8-11,17H2,(H2,16,18). The van der Waals surface area contributed by atoms with Crippen molar-refractivity contribution in [2.75, 3.05) is 6.61 Å². The van der Waals surface area contributed by atoms with Gasteiger partial charge >= 0.3 is 0 Å². The molecule has 4 N–H and O–H groups in total. The molecule has 0 saturated heterocycles. The summed E-state index contributed by atoms with van der Waals surface area (Å²) in [7, 11) is 0. The Hall–Kier alpha value is -1.39.